The van der Waals surface area contributed by atoms with Crippen LogP contribution in [0.3, 0.4) is 0 Å². The van der Waals surface area contributed by atoms with E-state index in [1.54, 1.807) is 11.0 Å². The van der Waals surface area contributed by atoms with Crippen LogP contribution in [0.4, 0.5) is 0 Å². The molecular weight excluding hydrogens is 268 g/mol. The quantitative estimate of drug-likeness (QED) is 0.812. The maximum atomic E-state index is 4.35. The van der Waals surface area contributed by atoms with Gasteiger partial charge in [-0.3, -0.25) is 4.68 Å². The van der Waals surface area contributed by atoms with Crippen molar-refractivity contribution in [1.29, 1.82) is 0 Å². The molecule has 0 spiro atoms. The van der Waals surface area contributed by atoms with Gasteiger partial charge in [0.2, 0.25) is 0 Å². The molecule has 0 saturated carbocycles. The summed E-state index contributed by atoms with van der Waals surface area (Å²) in [6, 6.07) is 0. The summed E-state index contributed by atoms with van der Waals surface area (Å²) in [6.07, 6.45) is 4.35. The van der Waals surface area contributed by atoms with Crippen LogP contribution >= 0.6 is 15.9 Å². The molecule has 2 heterocycles. The largest absolute Gasteiger partial charge is 0.250 e. The zero-order chi connectivity index (χ0) is 11.7. The number of hydrogen-bond acceptors (Lipinski definition) is 3. The summed E-state index contributed by atoms with van der Waals surface area (Å²) in [5, 5.41) is 5.26. The van der Waals surface area contributed by atoms with Gasteiger partial charge in [-0.15, -0.1) is 0 Å². The molecule has 2 aromatic heterocycles. The number of fused-ring (bicyclic) bond motifs is 1. The van der Waals surface area contributed by atoms with Gasteiger partial charge in [-0.05, 0) is 5.92 Å². The first-order valence-electron chi connectivity index (χ1n) is 5.35. The van der Waals surface area contributed by atoms with Crippen LogP contribution in [-0.4, -0.2) is 24.6 Å². The van der Waals surface area contributed by atoms with Crippen LogP contribution in [0, 0.1) is 5.92 Å². The first-order valence-corrected chi connectivity index (χ1v) is 6.27. The molecule has 0 fully saturated rings. The van der Waals surface area contributed by atoms with Crippen LogP contribution < -0.4 is 0 Å². The van der Waals surface area contributed by atoms with Gasteiger partial charge in [-0.2, -0.15) is 5.10 Å². The molecule has 2 rings (SSSR count). The fourth-order valence-corrected chi connectivity index (χ4v) is 1.90. The van der Waals surface area contributed by atoms with Gasteiger partial charge in [0.05, 0.1) is 17.3 Å². The lowest BCUT2D eigenvalue weighted by atomic mass is 10.1. The minimum Gasteiger partial charge on any atom is -0.250 e. The Labute approximate surface area is 103 Å². The number of hydrogen-bond donors (Lipinski definition) is 0. The van der Waals surface area contributed by atoms with Gasteiger partial charge in [0.1, 0.15) is 6.33 Å². The third-order valence-electron chi connectivity index (χ3n) is 2.72. The Kier molecular flexibility index (Phi) is 3.23. The van der Waals surface area contributed by atoms with Crippen molar-refractivity contribution in [2.75, 3.05) is 0 Å². The molecule has 16 heavy (non-hydrogen) atoms. The van der Waals surface area contributed by atoms with Gasteiger partial charge in [-0.25, -0.2) is 9.97 Å². The number of nitrogens with zero attached hydrogens (tertiary/aromatic N) is 4. The Morgan fingerprint density at radius 1 is 1.38 bits per heavy atom. The van der Waals surface area contributed by atoms with Crippen molar-refractivity contribution >= 4 is 27.0 Å². The number of alkyl halides is 1. The van der Waals surface area contributed by atoms with Crippen molar-refractivity contribution in [1.82, 2.24) is 19.7 Å². The second-order valence-electron chi connectivity index (χ2n) is 4.29. The standard InChI is InChI=1S/C11H15BrN4/c1-7(2)9(12)4-10-8-5-15-16(3)11(8)14-6-13-10/h5-7,9H,4H2,1-3H3. The maximum Gasteiger partial charge on any atom is 0.161 e. The van der Waals surface area contributed by atoms with Crippen molar-refractivity contribution in [3.05, 3.63) is 18.2 Å². The monoisotopic (exact) mass is 282 g/mol. The molecule has 4 nitrogen and oxygen atoms in total. The highest BCUT2D eigenvalue weighted by atomic mass is 79.9. The fraction of sp³-hybridized carbons (Fsp3) is 0.545. The normalized spacial score (nSPS) is 13.6. The Morgan fingerprint density at radius 2 is 2.12 bits per heavy atom. The minimum absolute atomic E-state index is 0.436. The molecule has 0 saturated heterocycles. The zero-order valence-corrected chi connectivity index (χ0v) is 11.3. The molecule has 0 aliphatic rings. The lowest BCUT2D eigenvalue weighted by molar-refractivity contribution is 0.609. The minimum atomic E-state index is 0.436. The van der Waals surface area contributed by atoms with E-state index in [2.05, 4.69) is 44.8 Å². The van der Waals surface area contributed by atoms with Crippen LogP contribution in [0.5, 0.6) is 0 Å². The van der Waals surface area contributed by atoms with E-state index in [0.29, 0.717) is 10.7 Å². The average molecular weight is 283 g/mol. The van der Waals surface area contributed by atoms with E-state index in [4.69, 9.17) is 0 Å². The highest BCUT2D eigenvalue weighted by Gasteiger charge is 2.14. The van der Waals surface area contributed by atoms with Crippen molar-refractivity contribution in [2.45, 2.75) is 25.1 Å². The smallest absolute Gasteiger partial charge is 0.161 e. The van der Waals surface area contributed by atoms with E-state index in [9.17, 15) is 0 Å². The molecule has 0 aliphatic heterocycles. The molecule has 0 aromatic carbocycles. The second kappa shape index (κ2) is 4.49. The molecule has 0 bridgehead atoms. The van der Waals surface area contributed by atoms with Gasteiger partial charge in [0, 0.05) is 18.3 Å². The molecule has 2 aromatic rings. The third-order valence-corrected chi connectivity index (χ3v) is 4.10. The lowest BCUT2D eigenvalue weighted by Crippen LogP contribution is -2.12. The van der Waals surface area contributed by atoms with Crippen LogP contribution in [0.15, 0.2) is 12.5 Å². The van der Waals surface area contributed by atoms with Crippen molar-refractivity contribution < 1.29 is 0 Å². The highest BCUT2D eigenvalue weighted by molar-refractivity contribution is 9.09. The van der Waals surface area contributed by atoms with Crippen LogP contribution in [0.1, 0.15) is 19.5 Å². The predicted molar refractivity (Wildman–Crippen MR) is 67.6 cm³/mol. The molecule has 0 aliphatic carbocycles. The van der Waals surface area contributed by atoms with Gasteiger partial charge >= 0.3 is 0 Å². The van der Waals surface area contributed by atoms with Crippen LogP contribution in [-0.2, 0) is 13.5 Å². The molecular formula is C11H15BrN4. The van der Waals surface area contributed by atoms with E-state index >= 15 is 0 Å². The summed E-state index contributed by atoms with van der Waals surface area (Å²) >= 11 is 3.68. The Bertz CT molecular complexity index is 492. The maximum absolute atomic E-state index is 4.35. The van der Waals surface area contributed by atoms with E-state index in [0.717, 1.165) is 23.1 Å². The van der Waals surface area contributed by atoms with E-state index < -0.39 is 0 Å². The molecule has 86 valence electrons. The third kappa shape index (κ3) is 2.09. The summed E-state index contributed by atoms with van der Waals surface area (Å²) < 4.78 is 1.78. The van der Waals surface area contributed by atoms with Crippen molar-refractivity contribution in [2.24, 2.45) is 13.0 Å². The first kappa shape index (κ1) is 11.5. The molecule has 1 unspecified atom stereocenters. The Morgan fingerprint density at radius 3 is 2.81 bits per heavy atom. The number of rotatable bonds is 3. The summed E-state index contributed by atoms with van der Waals surface area (Å²) in [5.41, 5.74) is 1.96. The summed E-state index contributed by atoms with van der Waals surface area (Å²) in [6.45, 7) is 4.39. The van der Waals surface area contributed by atoms with Crippen LogP contribution in [0.2, 0.25) is 0 Å². The topological polar surface area (TPSA) is 43.6 Å². The SMILES string of the molecule is CC(C)C(Br)Cc1ncnc2c1cnn2C. The number of aromatic nitrogens is 4. The Balaban J connectivity index is 2.37. The number of halogens is 1. The van der Waals surface area contributed by atoms with Gasteiger partial charge < -0.3 is 0 Å². The molecule has 0 N–H and O–H groups in total. The van der Waals surface area contributed by atoms with Gasteiger partial charge in [-0.1, -0.05) is 29.8 Å². The summed E-state index contributed by atoms with van der Waals surface area (Å²) in [5.74, 6) is 0.585. The van der Waals surface area contributed by atoms with Gasteiger partial charge in [0.25, 0.3) is 0 Å². The molecule has 0 radical (unpaired) electrons. The van der Waals surface area contributed by atoms with Crippen molar-refractivity contribution in [3.8, 4) is 0 Å². The zero-order valence-electron chi connectivity index (χ0n) is 9.68. The van der Waals surface area contributed by atoms with E-state index in [1.807, 2.05) is 13.2 Å². The van der Waals surface area contributed by atoms with Crippen LogP contribution in [0.25, 0.3) is 11.0 Å². The summed E-state index contributed by atoms with van der Waals surface area (Å²) in [7, 11) is 1.90. The van der Waals surface area contributed by atoms with Crippen molar-refractivity contribution in [3.63, 3.8) is 0 Å². The average Bonchev–Trinajstić information content (AvgIpc) is 2.62. The fourth-order valence-electron chi connectivity index (χ4n) is 1.59. The highest BCUT2D eigenvalue weighted by Crippen LogP contribution is 2.21. The predicted octanol–water partition coefficient (Wildman–Crippen LogP) is 2.33. The summed E-state index contributed by atoms with van der Waals surface area (Å²) in [4.78, 5) is 9.01. The molecule has 1 atom stereocenters. The Hall–Kier alpha value is -0.970. The second-order valence-corrected chi connectivity index (χ2v) is 5.47. The molecule has 0 amide bonds. The molecule has 5 heteroatoms. The number of aryl methyl sites for hydroxylation is 1. The lowest BCUT2D eigenvalue weighted by Gasteiger charge is -2.12. The first-order chi connectivity index (χ1) is 7.59. The van der Waals surface area contributed by atoms with Gasteiger partial charge in [0.15, 0.2) is 5.65 Å². The van der Waals surface area contributed by atoms with E-state index in [-0.39, 0.29) is 0 Å². The van der Waals surface area contributed by atoms with E-state index in [1.165, 1.54) is 0 Å².